The number of pyridine rings is 1. The first-order valence-electron chi connectivity index (χ1n) is 8.34. The number of hydrogen-bond acceptors (Lipinski definition) is 4. The van der Waals surface area contributed by atoms with Gasteiger partial charge in [-0.3, -0.25) is 14.7 Å². The van der Waals surface area contributed by atoms with E-state index in [1.165, 1.54) is 0 Å². The zero-order chi connectivity index (χ0) is 17.6. The van der Waals surface area contributed by atoms with E-state index >= 15 is 0 Å². The summed E-state index contributed by atoms with van der Waals surface area (Å²) in [4.78, 5) is 20.6. The predicted octanol–water partition coefficient (Wildman–Crippen LogP) is 2.77. The average Bonchev–Trinajstić information content (AvgIpc) is 2.63. The van der Waals surface area contributed by atoms with Crippen molar-refractivity contribution in [3.05, 3.63) is 64.9 Å². The van der Waals surface area contributed by atoms with Crippen LogP contribution in [0.1, 0.15) is 17.2 Å². The molecule has 5 nitrogen and oxygen atoms in total. The average molecular weight is 360 g/mol. The van der Waals surface area contributed by atoms with E-state index in [9.17, 15) is 4.79 Å². The molecule has 0 spiro atoms. The molecule has 0 aliphatic carbocycles. The fourth-order valence-electron chi connectivity index (χ4n) is 2.95. The number of rotatable bonds is 5. The molecule has 1 saturated heterocycles. The molecule has 1 unspecified atom stereocenters. The molecule has 25 heavy (non-hydrogen) atoms. The van der Waals surface area contributed by atoms with Gasteiger partial charge in [-0.1, -0.05) is 29.8 Å². The van der Waals surface area contributed by atoms with E-state index in [0.29, 0.717) is 37.8 Å². The Morgan fingerprint density at radius 1 is 1.36 bits per heavy atom. The molecule has 3 rings (SSSR count). The van der Waals surface area contributed by atoms with E-state index in [4.69, 9.17) is 16.3 Å². The lowest BCUT2D eigenvalue weighted by Gasteiger charge is -2.34. The topological polar surface area (TPSA) is 45.7 Å². The number of hydrogen-bond donors (Lipinski definition) is 0. The van der Waals surface area contributed by atoms with Crippen molar-refractivity contribution in [3.63, 3.8) is 0 Å². The Balaban J connectivity index is 1.55. The van der Waals surface area contributed by atoms with Crippen molar-refractivity contribution < 1.29 is 9.53 Å². The zero-order valence-corrected chi connectivity index (χ0v) is 15.0. The fourth-order valence-corrected chi connectivity index (χ4v) is 3.07. The molecule has 1 aliphatic heterocycles. The minimum Gasteiger partial charge on any atom is -0.370 e. The Hall–Kier alpha value is -1.95. The fraction of sp³-hybridized carbons (Fsp3) is 0.368. The van der Waals surface area contributed by atoms with Gasteiger partial charge in [0.15, 0.2) is 0 Å². The van der Waals surface area contributed by atoms with Gasteiger partial charge in [0.05, 0.1) is 19.7 Å². The Morgan fingerprint density at radius 3 is 2.88 bits per heavy atom. The maximum atomic E-state index is 12.6. The summed E-state index contributed by atoms with van der Waals surface area (Å²) in [7, 11) is 1.95. The van der Waals surface area contributed by atoms with Gasteiger partial charge in [-0.15, -0.1) is 0 Å². The summed E-state index contributed by atoms with van der Waals surface area (Å²) < 4.78 is 5.83. The Labute approximate surface area is 153 Å². The van der Waals surface area contributed by atoms with Gasteiger partial charge >= 0.3 is 0 Å². The summed E-state index contributed by atoms with van der Waals surface area (Å²) in [5.74, 6) is 0.119. The molecule has 1 atom stereocenters. The highest BCUT2D eigenvalue weighted by Gasteiger charge is 2.25. The quantitative estimate of drug-likeness (QED) is 0.823. The second kappa shape index (κ2) is 8.43. The van der Waals surface area contributed by atoms with Crippen molar-refractivity contribution in [1.82, 2.24) is 14.8 Å². The van der Waals surface area contributed by atoms with Crippen LogP contribution in [0.15, 0.2) is 48.8 Å². The minimum atomic E-state index is -0.0985. The number of carbonyl (C=O) groups is 1. The first-order chi connectivity index (χ1) is 12.1. The Morgan fingerprint density at radius 2 is 2.16 bits per heavy atom. The number of likely N-dealkylation sites (N-methyl/N-ethyl adjacent to an activating group) is 1. The van der Waals surface area contributed by atoms with Gasteiger partial charge in [0.1, 0.15) is 6.10 Å². The molecule has 6 heteroatoms. The molecule has 1 aromatic carbocycles. The van der Waals surface area contributed by atoms with Crippen molar-refractivity contribution in [3.8, 4) is 0 Å². The summed E-state index contributed by atoms with van der Waals surface area (Å²) in [5.41, 5.74) is 2.14. The van der Waals surface area contributed by atoms with Crippen LogP contribution in [0.3, 0.4) is 0 Å². The van der Waals surface area contributed by atoms with Crippen LogP contribution >= 0.6 is 11.6 Å². The number of benzene rings is 1. The Bertz CT molecular complexity index is 694. The lowest BCUT2D eigenvalue weighted by atomic mass is 10.1. The summed E-state index contributed by atoms with van der Waals surface area (Å²) in [5, 5.41) is 0.699. The molecule has 0 radical (unpaired) electrons. The summed E-state index contributed by atoms with van der Waals surface area (Å²) in [6.07, 6.45) is 3.48. The van der Waals surface area contributed by atoms with E-state index in [2.05, 4.69) is 4.98 Å². The standard InChI is InChI=1S/C19H22ClN3O2/c1-22(12-15-3-2-8-21-11-15)14-19(24)23-9-10-25-18(13-23)16-4-6-17(20)7-5-16/h2-8,11,18H,9-10,12-14H2,1H3. The van der Waals surface area contributed by atoms with Crippen LogP contribution in [0.4, 0.5) is 0 Å². The van der Waals surface area contributed by atoms with Crippen LogP contribution in [-0.4, -0.2) is 54.0 Å². The van der Waals surface area contributed by atoms with Crippen LogP contribution in [0.25, 0.3) is 0 Å². The van der Waals surface area contributed by atoms with E-state index in [-0.39, 0.29) is 12.0 Å². The third-order valence-corrected chi connectivity index (χ3v) is 4.49. The predicted molar refractivity (Wildman–Crippen MR) is 97.3 cm³/mol. The van der Waals surface area contributed by atoms with Gasteiger partial charge in [0, 0.05) is 30.5 Å². The van der Waals surface area contributed by atoms with Crippen LogP contribution < -0.4 is 0 Å². The van der Waals surface area contributed by atoms with Crippen molar-refractivity contribution in [2.24, 2.45) is 0 Å². The number of ether oxygens (including phenoxy) is 1. The van der Waals surface area contributed by atoms with Crippen molar-refractivity contribution >= 4 is 17.5 Å². The van der Waals surface area contributed by atoms with Crippen LogP contribution in [0, 0.1) is 0 Å². The Kier molecular flexibility index (Phi) is 6.02. The molecule has 1 aromatic heterocycles. The third kappa shape index (κ3) is 5.01. The minimum absolute atomic E-state index is 0.0985. The van der Waals surface area contributed by atoms with Gasteiger partial charge < -0.3 is 9.64 Å². The molecular formula is C19H22ClN3O2. The van der Waals surface area contributed by atoms with Crippen molar-refractivity contribution in [1.29, 1.82) is 0 Å². The molecule has 0 bridgehead atoms. The maximum Gasteiger partial charge on any atom is 0.236 e. The second-order valence-electron chi connectivity index (χ2n) is 6.28. The lowest BCUT2D eigenvalue weighted by molar-refractivity contribution is -0.140. The number of aromatic nitrogens is 1. The largest absolute Gasteiger partial charge is 0.370 e. The van der Waals surface area contributed by atoms with E-state index in [1.54, 1.807) is 6.20 Å². The van der Waals surface area contributed by atoms with E-state index in [1.807, 2.05) is 59.4 Å². The molecule has 0 saturated carbocycles. The van der Waals surface area contributed by atoms with Gasteiger partial charge in [-0.25, -0.2) is 0 Å². The highest BCUT2D eigenvalue weighted by Crippen LogP contribution is 2.23. The van der Waals surface area contributed by atoms with Crippen molar-refractivity contribution in [2.75, 3.05) is 33.3 Å². The number of amides is 1. The monoisotopic (exact) mass is 359 g/mol. The third-order valence-electron chi connectivity index (χ3n) is 4.24. The van der Waals surface area contributed by atoms with Crippen molar-refractivity contribution in [2.45, 2.75) is 12.6 Å². The molecule has 1 amide bonds. The van der Waals surface area contributed by atoms with E-state index in [0.717, 1.165) is 11.1 Å². The SMILES string of the molecule is CN(CC(=O)N1CCOC(c2ccc(Cl)cc2)C1)Cc1cccnc1. The van der Waals surface area contributed by atoms with Gasteiger partial charge in [0.2, 0.25) is 5.91 Å². The first kappa shape index (κ1) is 17.9. The maximum absolute atomic E-state index is 12.6. The summed E-state index contributed by atoms with van der Waals surface area (Å²) in [6.45, 7) is 2.82. The smallest absolute Gasteiger partial charge is 0.236 e. The number of halogens is 1. The summed E-state index contributed by atoms with van der Waals surface area (Å²) >= 11 is 5.94. The highest BCUT2D eigenvalue weighted by atomic mass is 35.5. The van der Waals surface area contributed by atoms with Gasteiger partial charge in [0.25, 0.3) is 0 Å². The molecule has 0 N–H and O–H groups in total. The molecule has 132 valence electrons. The van der Waals surface area contributed by atoms with Crippen LogP contribution in [0.5, 0.6) is 0 Å². The number of carbonyl (C=O) groups excluding carboxylic acids is 1. The molecule has 2 aromatic rings. The lowest BCUT2D eigenvalue weighted by Crippen LogP contribution is -2.46. The molecule has 1 fully saturated rings. The van der Waals surface area contributed by atoms with Gasteiger partial charge in [-0.05, 0) is 36.4 Å². The molecular weight excluding hydrogens is 338 g/mol. The molecule has 1 aliphatic rings. The van der Waals surface area contributed by atoms with Crippen LogP contribution in [0.2, 0.25) is 5.02 Å². The number of morpholine rings is 1. The number of nitrogens with zero attached hydrogens (tertiary/aromatic N) is 3. The summed E-state index contributed by atoms with van der Waals surface area (Å²) in [6, 6.07) is 11.5. The first-order valence-corrected chi connectivity index (χ1v) is 8.72. The zero-order valence-electron chi connectivity index (χ0n) is 14.3. The van der Waals surface area contributed by atoms with E-state index < -0.39 is 0 Å². The molecule has 2 heterocycles. The van der Waals surface area contributed by atoms with Crippen LogP contribution in [-0.2, 0) is 16.1 Å². The normalized spacial score (nSPS) is 17.7. The van der Waals surface area contributed by atoms with Gasteiger partial charge in [-0.2, -0.15) is 0 Å². The second-order valence-corrected chi connectivity index (χ2v) is 6.72. The highest BCUT2D eigenvalue weighted by molar-refractivity contribution is 6.30.